The van der Waals surface area contributed by atoms with Gasteiger partial charge in [0.1, 0.15) is 12.0 Å². The van der Waals surface area contributed by atoms with E-state index in [2.05, 4.69) is 39.8 Å². The van der Waals surface area contributed by atoms with Crippen molar-refractivity contribution in [2.45, 2.75) is 51.4 Å². The Hall–Kier alpha value is -2.42. The van der Waals surface area contributed by atoms with Gasteiger partial charge in [-0.1, -0.05) is 58.0 Å². The van der Waals surface area contributed by atoms with Crippen molar-refractivity contribution in [2.24, 2.45) is 0 Å². The van der Waals surface area contributed by atoms with Crippen LogP contribution in [0.4, 0.5) is 0 Å². The molecule has 1 aliphatic rings. The molecule has 26 heavy (non-hydrogen) atoms. The molecular formula is C23H26O3. The number of benzene rings is 2. The predicted octanol–water partition coefficient (Wildman–Crippen LogP) is 5.11. The minimum atomic E-state index is -0.0974. The molecule has 0 fully saturated rings. The molecule has 0 saturated heterocycles. The van der Waals surface area contributed by atoms with E-state index in [0.717, 1.165) is 18.5 Å². The van der Waals surface area contributed by atoms with Crippen molar-refractivity contribution < 1.29 is 14.3 Å². The highest BCUT2D eigenvalue weighted by Gasteiger charge is 2.37. The Morgan fingerprint density at radius 1 is 0.962 bits per heavy atom. The SMILES string of the molecule is CC1(C)CCC(C)(C)c2cc(OCC(=O)c3ccc(C=O)cc3)ccc21. The van der Waals surface area contributed by atoms with Crippen molar-refractivity contribution in [3.8, 4) is 5.75 Å². The quantitative estimate of drug-likeness (QED) is 0.556. The second-order valence-electron chi connectivity index (χ2n) is 8.43. The van der Waals surface area contributed by atoms with E-state index in [4.69, 9.17) is 4.74 Å². The number of carbonyl (C=O) groups excluding carboxylic acids is 2. The first-order chi connectivity index (χ1) is 12.2. The Morgan fingerprint density at radius 2 is 1.58 bits per heavy atom. The lowest BCUT2D eigenvalue weighted by Crippen LogP contribution is -2.33. The van der Waals surface area contributed by atoms with E-state index < -0.39 is 0 Å². The molecule has 0 amide bonds. The van der Waals surface area contributed by atoms with E-state index in [0.29, 0.717) is 11.1 Å². The molecule has 1 aliphatic carbocycles. The highest BCUT2D eigenvalue weighted by molar-refractivity contribution is 5.97. The fourth-order valence-electron chi connectivity index (χ4n) is 3.64. The van der Waals surface area contributed by atoms with E-state index in [1.54, 1.807) is 24.3 Å². The van der Waals surface area contributed by atoms with E-state index >= 15 is 0 Å². The maximum absolute atomic E-state index is 12.3. The van der Waals surface area contributed by atoms with Crippen LogP contribution in [0, 0.1) is 0 Å². The fraction of sp³-hybridized carbons (Fsp3) is 0.391. The number of Topliss-reactive ketones (excluding diaryl/α,β-unsaturated/α-hetero) is 1. The Kier molecular flexibility index (Phi) is 4.74. The van der Waals surface area contributed by atoms with Crippen LogP contribution in [0.5, 0.6) is 5.75 Å². The molecule has 0 saturated carbocycles. The maximum atomic E-state index is 12.3. The average Bonchev–Trinajstić information content (AvgIpc) is 2.63. The van der Waals surface area contributed by atoms with Crippen molar-refractivity contribution in [2.75, 3.05) is 6.61 Å². The molecule has 2 aromatic rings. The summed E-state index contributed by atoms with van der Waals surface area (Å²) in [6.45, 7) is 9.10. The molecule has 0 aliphatic heterocycles. The number of hydrogen-bond donors (Lipinski definition) is 0. The Labute approximate surface area is 155 Å². The van der Waals surface area contributed by atoms with E-state index in [1.165, 1.54) is 17.5 Å². The molecule has 0 unspecified atom stereocenters. The van der Waals surface area contributed by atoms with Crippen molar-refractivity contribution >= 4 is 12.1 Å². The van der Waals surface area contributed by atoms with Gasteiger partial charge < -0.3 is 4.74 Å². The average molecular weight is 350 g/mol. The second-order valence-corrected chi connectivity index (χ2v) is 8.43. The monoisotopic (exact) mass is 350 g/mol. The van der Waals surface area contributed by atoms with Gasteiger partial charge in [-0.3, -0.25) is 9.59 Å². The zero-order chi connectivity index (χ0) is 18.9. The summed E-state index contributed by atoms with van der Waals surface area (Å²) < 4.78 is 5.79. The summed E-state index contributed by atoms with van der Waals surface area (Å²) in [5.74, 6) is 0.632. The minimum absolute atomic E-state index is 0.0109. The van der Waals surface area contributed by atoms with Gasteiger partial charge in [0.25, 0.3) is 0 Å². The summed E-state index contributed by atoms with van der Waals surface area (Å²) in [7, 11) is 0. The zero-order valence-electron chi connectivity index (χ0n) is 16.0. The van der Waals surface area contributed by atoms with Crippen LogP contribution in [0.3, 0.4) is 0 Å². The third-order valence-corrected chi connectivity index (χ3v) is 5.56. The van der Waals surface area contributed by atoms with Crippen LogP contribution in [0.15, 0.2) is 42.5 Å². The van der Waals surface area contributed by atoms with Crippen LogP contribution < -0.4 is 4.74 Å². The summed E-state index contributed by atoms with van der Waals surface area (Å²) in [5, 5.41) is 0. The number of fused-ring (bicyclic) bond motifs is 1. The zero-order valence-corrected chi connectivity index (χ0v) is 16.0. The summed E-state index contributed by atoms with van der Waals surface area (Å²) in [6, 6.07) is 12.8. The van der Waals surface area contributed by atoms with E-state index in [9.17, 15) is 9.59 Å². The molecule has 3 rings (SSSR count). The molecular weight excluding hydrogens is 324 g/mol. The molecule has 3 nitrogen and oxygen atoms in total. The van der Waals surface area contributed by atoms with Crippen LogP contribution in [-0.4, -0.2) is 18.7 Å². The summed E-state index contributed by atoms with van der Waals surface area (Å²) in [6.07, 6.45) is 3.07. The number of ether oxygens (including phenoxy) is 1. The molecule has 0 atom stereocenters. The number of hydrogen-bond acceptors (Lipinski definition) is 3. The molecule has 2 aromatic carbocycles. The topological polar surface area (TPSA) is 43.4 Å². The van der Waals surface area contributed by atoms with Crippen LogP contribution in [0.2, 0.25) is 0 Å². The third kappa shape index (κ3) is 3.57. The van der Waals surface area contributed by atoms with Gasteiger partial charge in [0.2, 0.25) is 0 Å². The van der Waals surface area contributed by atoms with E-state index in [1.807, 2.05) is 6.07 Å². The highest BCUT2D eigenvalue weighted by atomic mass is 16.5. The Bertz CT molecular complexity index is 829. The lowest BCUT2D eigenvalue weighted by atomic mass is 9.63. The third-order valence-electron chi connectivity index (χ3n) is 5.56. The van der Waals surface area contributed by atoms with Crippen molar-refractivity contribution in [1.82, 2.24) is 0 Å². The number of carbonyl (C=O) groups is 2. The van der Waals surface area contributed by atoms with Gasteiger partial charge in [-0.05, 0) is 46.9 Å². The molecule has 0 heterocycles. The van der Waals surface area contributed by atoms with Crippen molar-refractivity contribution in [3.05, 3.63) is 64.7 Å². The van der Waals surface area contributed by atoms with Crippen LogP contribution in [-0.2, 0) is 10.8 Å². The molecule has 3 heteroatoms. The lowest BCUT2D eigenvalue weighted by Gasteiger charge is -2.41. The molecule has 0 aromatic heterocycles. The van der Waals surface area contributed by atoms with Gasteiger partial charge in [-0.25, -0.2) is 0 Å². The first-order valence-corrected chi connectivity index (χ1v) is 9.09. The van der Waals surface area contributed by atoms with E-state index in [-0.39, 0.29) is 23.2 Å². The van der Waals surface area contributed by atoms with Gasteiger partial charge in [0.05, 0.1) is 0 Å². The molecule has 0 radical (unpaired) electrons. The number of rotatable bonds is 5. The van der Waals surface area contributed by atoms with Crippen LogP contribution in [0.25, 0.3) is 0 Å². The molecule has 0 spiro atoms. The van der Waals surface area contributed by atoms with Gasteiger partial charge in [-0.2, -0.15) is 0 Å². The standard InChI is InChI=1S/C23H26O3/c1-22(2)11-12-23(3,4)20-13-18(9-10-19(20)22)26-15-21(25)17-7-5-16(14-24)6-8-17/h5-10,13-14H,11-12,15H2,1-4H3. The summed E-state index contributed by atoms with van der Waals surface area (Å²) >= 11 is 0. The number of ketones is 1. The van der Waals surface area contributed by atoms with Gasteiger partial charge in [0, 0.05) is 11.1 Å². The first kappa shape index (κ1) is 18.4. The summed E-state index contributed by atoms with van der Waals surface area (Å²) in [4.78, 5) is 23.0. The summed E-state index contributed by atoms with van der Waals surface area (Å²) in [5.41, 5.74) is 4.07. The van der Waals surface area contributed by atoms with Gasteiger partial charge in [0.15, 0.2) is 12.4 Å². The van der Waals surface area contributed by atoms with Crippen molar-refractivity contribution in [3.63, 3.8) is 0 Å². The molecule has 0 bridgehead atoms. The first-order valence-electron chi connectivity index (χ1n) is 9.09. The minimum Gasteiger partial charge on any atom is -0.485 e. The largest absolute Gasteiger partial charge is 0.485 e. The fourth-order valence-corrected chi connectivity index (χ4v) is 3.64. The maximum Gasteiger partial charge on any atom is 0.200 e. The van der Waals surface area contributed by atoms with Crippen LogP contribution >= 0.6 is 0 Å². The lowest BCUT2D eigenvalue weighted by molar-refractivity contribution is 0.0921. The normalized spacial score (nSPS) is 17.2. The van der Waals surface area contributed by atoms with Crippen molar-refractivity contribution in [1.29, 1.82) is 0 Å². The Balaban J connectivity index is 1.76. The smallest absolute Gasteiger partial charge is 0.200 e. The predicted molar refractivity (Wildman–Crippen MR) is 103 cm³/mol. The second kappa shape index (κ2) is 6.71. The number of aldehydes is 1. The molecule has 136 valence electrons. The van der Waals surface area contributed by atoms with Crippen LogP contribution in [0.1, 0.15) is 72.4 Å². The highest BCUT2D eigenvalue weighted by Crippen LogP contribution is 2.46. The Morgan fingerprint density at radius 3 is 2.19 bits per heavy atom. The van der Waals surface area contributed by atoms with Gasteiger partial charge in [-0.15, -0.1) is 0 Å². The molecule has 0 N–H and O–H groups in total. The van der Waals surface area contributed by atoms with Gasteiger partial charge >= 0.3 is 0 Å².